The molecule has 2 heterocycles. The van der Waals surface area contributed by atoms with Gasteiger partial charge in [-0.2, -0.15) is 4.98 Å². The average Bonchev–Trinajstić information content (AvgIpc) is 3.00. The van der Waals surface area contributed by atoms with Gasteiger partial charge in [-0.3, -0.25) is 4.57 Å². The third-order valence-corrected chi connectivity index (χ3v) is 4.26. The summed E-state index contributed by atoms with van der Waals surface area (Å²) in [6, 6.07) is 11.8. The highest BCUT2D eigenvalue weighted by atomic mass is 16.7. The van der Waals surface area contributed by atoms with Crippen LogP contribution >= 0.6 is 0 Å². The normalized spacial score (nSPS) is 13.0. The quantitative estimate of drug-likeness (QED) is 0.722. The fourth-order valence-corrected chi connectivity index (χ4v) is 3.06. The van der Waals surface area contributed by atoms with Crippen LogP contribution in [0.5, 0.6) is 11.5 Å². The van der Waals surface area contributed by atoms with Gasteiger partial charge in [0.2, 0.25) is 6.79 Å². The van der Waals surface area contributed by atoms with Gasteiger partial charge < -0.3 is 9.47 Å². The predicted molar refractivity (Wildman–Crippen MR) is 92.7 cm³/mol. The van der Waals surface area contributed by atoms with Crippen molar-refractivity contribution in [3.05, 3.63) is 52.4 Å². The van der Waals surface area contributed by atoms with Crippen LogP contribution in [0.3, 0.4) is 0 Å². The van der Waals surface area contributed by atoms with Crippen LogP contribution in [-0.4, -0.2) is 16.3 Å². The fraction of sp³-hybridized carbons (Fsp3) is 0.263. The lowest BCUT2D eigenvalue weighted by Gasteiger charge is -2.16. The van der Waals surface area contributed by atoms with E-state index in [2.05, 4.69) is 4.98 Å². The summed E-state index contributed by atoms with van der Waals surface area (Å²) in [4.78, 5) is 17.0. The monoisotopic (exact) mass is 322 g/mol. The number of aromatic nitrogens is 2. The van der Waals surface area contributed by atoms with Crippen LogP contribution in [0.2, 0.25) is 0 Å². The zero-order chi connectivity index (χ0) is 16.8. The molecule has 0 bridgehead atoms. The molecule has 0 aliphatic carbocycles. The van der Waals surface area contributed by atoms with Crippen molar-refractivity contribution in [1.82, 2.24) is 9.55 Å². The summed E-state index contributed by atoms with van der Waals surface area (Å²) in [6.07, 6.45) is 0. The first-order valence-electron chi connectivity index (χ1n) is 7.97. The van der Waals surface area contributed by atoms with Crippen molar-refractivity contribution in [1.29, 1.82) is 0 Å². The molecule has 0 fully saturated rings. The lowest BCUT2D eigenvalue weighted by molar-refractivity contribution is 0.174. The van der Waals surface area contributed by atoms with Crippen LogP contribution in [0.1, 0.15) is 25.5 Å². The van der Waals surface area contributed by atoms with Crippen molar-refractivity contribution >= 4 is 10.9 Å². The molecule has 5 nitrogen and oxygen atoms in total. The van der Waals surface area contributed by atoms with E-state index in [4.69, 9.17) is 9.47 Å². The number of nitrogens with zero attached hydrogens (tertiary/aromatic N) is 2. The highest BCUT2D eigenvalue weighted by Gasteiger charge is 2.20. The summed E-state index contributed by atoms with van der Waals surface area (Å²) in [6.45, 7) is 6.17. The Morgan fingerprint density at radius 1 is 1.08 bits per heavy atom. The largest absolute Gasteiger partial charge is 0.454 e. The Balaban J connectivity index is 2.09. The van der Waals surface area contributed by atoms with Crippen LogP contribution < -0.4 is 15.2 Å². The van der Waals surface area contributed by atoms with E-state index >= 15 is 0 Å². The first-order valence-corrected chi connectivity index (χ1v) is 7.97. The topological polar surface area (TPSA) is 53.4 Å². The highest BCUT2D eigenvalue weighted by Crippen LogP contribution is 2.38. The van der Waals surface area contributed by atoms with E-state index in [9.17, 15) is 4.79 Å². The fourth-order valence-electron chi connectivity index (χ4n) is 3.06. The minimum atomic E-state index is -0.257. The molecular formula is C19H18N2O3. The Kier molecular flexibility index (Phi) is 3.30. The number of fused-ring (bicyclic) bond motifs is 2. The molecule has 1 aliphatic heterocycles. The van der Waals surface area contributed by atoms with E-state index < -0.39 is 0 Å². The maximum atomic E-state index is 12.6. The molecule has 0 N–H and O–H groups in total. The van der Waals surface area contributed by atoms with Gasteiger partial charge in [0.1, 0.15) is 0 Å². The van der Waals surface area contributed by atoms with Crippen molar-refractivity contribution in [2.45, 2.75) is 26.8 Å². The number of benzene rings is 2. The van der Waals surface area contributed by atoms with Gasteiger partial charge in [0.25, 0.3) is 0 Å². The van der Waals surface area contributed by atoms with Gasteiger partial charge in [-0.1, -0.05) is 29.8 Å². The van der Waals surface area contributed by atoms with Crippen LogP contribution in [0, 0.1) is 6.92 Å². The lowest BCUT2D eigenvalue weighted by atomic mass is 10.0. The Morgan fingerprint density at radius 3 is 2.42 bits per heavy atom. The summed E-state index contributed by atoms with van der Waals surface area (Å²) < 4.78 is 12.7. The SMILES string of the molecule is Cc1ccc(-c2nc(=O)n(C(C)C)c3cc4c(cc23)OCO4)cc1. The van der Waals surface area contributed by atoms with E-state index in [0.717, 1.165) is 22.0 Å². The van der Waals surface area contributed by atoms with Gasteiger partial charge in [0.05, 0.1) is 11.2 Å². The molecule has 24 heavy (non-hydrogen) atoms. The first kappa shape index (κ1) is 14.8. The third-order valence-electron chi connectivity index (χ3n) is 4.26. The Bertz CT molecular complexity index is 988. The van der Waals surface area contributed by atoms with Crippen LogP contribution in [0.25, 0.3) is 22.2 Å². The molecule has 4 rings (SSSR count). The van der Waals surface area contributed by atoms with Gasteiger partial charge >= 0.3 is 5.69 Å². The molecule has 0 spiro atoms. The first-order chi connectivity index (χ1) is 11.5. The predicted octanol–water partition coefficient (Wildman–Crippen LogP) is 3.68. The highest BCUT2D eigenvalue weighted by molar-refractivity contribution is 5.94. The molecule has 5 heteroatoms. The number of rotatable bonds is 2. The summed E-state index contributed by atoms with van der Waals surface area (Å²) in [5, 5.41) is 0.886. The Morgan fingerprint density at radius 2 is 1.75 bits per heavy atom. The minimum absolute atomic E-state index is 0.0000563. The second-order valence-electron chi connectivity index (χ2n) is 6.30. The molecule has 0 unspecified atom stereocenters. The van der Waals surface area contributed by atoms with E-state index in [1.165, 1.54) is 0 Å². The van der Waals surface area contributed by atoms with Gasteiger partial charge in [-0.05, 0) is 26.8 Å². The standard InChI is InChI=1S/C19H18N2O3/c1-11(2)21-15-9-17-16(23-10-24-17)8-14(15)18(20-19(21)22)13-6-4-12(3)5-7-13/h4-9,11H,10H2,1-3H3. The zero-order valence-corrected chi connectivity index (χ0v) is 13.9. The molecule has 1 aromatic heterocycles. The molecule has 0 amide bonds. The van der Waals surface area contributed by atoms with E-state index in [1.807, 2.05) is 57.2 Å². The third kappa shape index (κ3) is 2.24. The maximum Gasteiger partial charge on any atom is 0.348 e. The molecule has 0 atom stereocenters. The van der Waals surface area contributed by atoms with Crippen LogP contribution in [0.15, 0.2) is 41.2 Å². The van der Waals surface area contributed by atoms with Gasteiger partial charge in [-0.25, -0.2) is 4.79 Å². The smallest absolute Gasteiger partial charge is 0.348 e. The van der Waals surface area contributed by atoms with Crippen molar-refractivity contribution < 1.29 is 9.47 Å². The van der Waals surface area contributed by atoms with E-state index in [-0.39, 0.29) is 18.5 Å². The average molecular weight is 322 g/mol. The molecule has 2 aromatic carbocycles. The summed E-state index contributed by atoms with van der Waals surface area (Å²) in [5.74, 6) is 1.35. The Labute approximate surface area is 139 Å². The molecule has 1 aliphatic rings. The maximum absolute atomic E-state index is 12.6. The van der Waals surface area contributed by atoms with Gasteiger partial charge in [0.15, 0.2) is 11.5 Å². The second-order valence-corrected chi connectivity index (χ2v) is 6.30. The minimum Gasteiger partial charge on any atom is -0.454 e. The molecule has 0 saturated carbocycles. The van der Waals surface area contributed by atoms with Crippen molar-refractivity contribution in [2.24, 2.45) is 0 Å². The summed E-state index contributed by atoms with van der Waals surface area (Å²) in [5.41, 5.74) is 3.30. The number of hydrogen-bond acceptors (Lipinski definition) is 4. The van der Waals surface area contributed by atoms with E-state index in [0.29, 0.717) is 17.2 Å². The molecule has 3 aromatic rings. The number of aryl methyl sites for hydroxylation is 1. The van der Waals surface area contributed by atoms with E-state index in [1.54, 1.807) is 4.57 Å². The number of ether oxygens (including phenoxy) is 2. The van der Waals surface area contributed by atoms with Crippen molar-refractivity contribution in [3.63, 3.8) is 0 Å². The van der Waals surface area contributed by atoms with Gasteiger partial charge in [0, 0.05) is 23.1 Å². The van der Waals surface area contributed by atoms with Crippen molar-refractivity contribution in [3.8, 4) is 22.8 Å². The second kappa shape index (κ2) is 5.37. The summed E-state index contributed by atoms with van der Waals surface area (Å²) >= 11 is 0. The molecule has 0 saturated heterocycles. The summed E-state index contributed by atoms with van der Waals surface area (Å²) in [7, 11) is 0. The van der Waals surface area contributed by atoms with Crippen LogP contribution in [0.4, 0.5) is 0 Å². The molecule has 122 valence electrons. The molecular weight excluding hydrogens is 304 g/mol. The molecule has 0 radical (unpaired) electrons. The zero-order valence-electron chi connectivity index (χ0n) is 13.9. The van der Waals surface area contributed by atoms with Crippen LogP contribution in [-0.2, 0) is 0 Å². The lowest BCUT2D eigenvalue weighted by Crippen LogP contribution is -2.25. The van der Waals surface area contributed by atoms with Crippen molar-refractivity contribution in [2.75, 3.05) is 6.79 Å². The number of hydrogen-bond donors (Lipinski definition) is 0. The van der Waals surface area contributed by atoms with Gasteiger partial charge in [-0.15, -0.1) is 0 Å². The Hall–Kier alpha value is -2.82.